The maximum absolute atomic E-state index is 11.8. The molecule has 0 spiro atoms. The van der Waals surface area contributed by atoms with Gasteiger partial charge in [-0.2, -0.15) is 0 Å². The molecule has 1 amide bonds. The van der Waals surface area contributed by atoms with E-state index in [1.54, 1.807) is 11.6 Å². The van der Waals surface area contributed by atoms with Crippen LogP contribution in [0.4, 0.5) is 0 Å². The van der Waals surface area contributed by atoms with Crippen LogP contribution in [0.5, 0.6) is 0 Å². The number of likely N-dealkylation sites (N-methyl/N-ethyl adjacent to an activating group) is 1. The summed E-state index contributed by atoms with van der Waals surface area (Å²) in [7, 11) is 1.44. The molecular weight excluding hydrogens is 314 g/mol. The third-order valence-electron chi connectivity index (χ3n) is 2.63. The number of thiazole rings is 1. The van der Waals surface area contributed by atoms with Gasteiger partial charge in [0, 0.05) is 30.4 Å². The highest BCUT2D eigenvalue weighted by atomic mass is 32.2. The summed E-state index contributed by atoms with van der Waals surface area (Å²) in [4.78, 5) is 40.0. The minimum Gasteiger partial charge on any atom is -0.480 e. The number of aliphatic carboxylic acids is 1. The zero-order valence-electron chi connectivity index (χ0n) is 11.2. The summed E-state index contributed by atoms with van der Waals surface area (Å²) in [5.74, 6) is -0.740. The van der Waals surface area contributed by atoms with E-state index >= 15 is 0 Å². The van der Waals surface area contributed by atoms with E-state index in [4.69, 9.17) is 5.11 Å². The lowest BCUT2D eigenvalue weighted by molar-refractivity contribution is -0.142. The standard InChI is InChI=1S/C12H13N3O4S2/c1-14(5-11(18)19)10(17)7-20-6-8-4-9(16)15-2-3-21-12(15)13-8/h2-4H,5-7H2,1H3,(H,18,19). The maximum atomic E-state index is 11.8. The number of hydrogen-bond donors (Lipinski definition) is 1. The molecule has 0 saturated heterocycles. The molecule has 0 saturated carbocycles. The minimum atomic E-state index is -1.05. The number of rotatable bonds is 6. The Morgan fingerprint density at radius 2 is 2.29 bits per heavy atom. The molecule has 7 nitrogen and oxygen atoms in total. The summed E-state index contributed by atoms with van der Waals surface area (Å²) in [6, 6.07) is 1.44. The zero-order chi connectivity index (χ0) is 15.4. The summed E-state index contributed by atoms with van der Waals surface area (Å²) in [6.45, 7) is -0.319. The third-order valence-corrected chi connectivity index (χ3v) is 4.34. The summed E-state index contributed by atoms with van der Waals surface area (Å²) in [5, 5.41) is 10.4. The first kappa shape index (κ1) is 15.5. The van der Waals surface area contributed by atoms with Crippen LogP contribution in [0.2, 0.25) is 0 Å². The lowest BCUT2D eigenvalue weighted by Crippen LogP contribution is -2.33. The van der Waals surface area contributed by atoms with Crippen molar-refractivity contribution >= 4 is 39.9 Å². The van der Waals surface area contributed by atoms with Crippen molar-refractivity contribution in [1.29, 1.82) is 0 Å². The van der Waals surface area contributed by atoms with E-state index in [1.165, 1.54) is 40.6 Å². The van der Waals surface area contributed by atoms with E-state index in [9.17, 15) is 14.4 Å². The monoisotopic (exact) mass is 327 g/mol. The Morgan fingerprint density at radius 3 is 3.00 bits per heavy atom. The van der Waals surface area contributed by atoms with Crippen LogP contribution < -0.4 is 5.56 Å². The molecule has 0 unspecified atom stereocenters. The van der Waals surface area contributed by atoms with Crippen LogP contribution in [0.25, 0.3) is 4.96 Å². The fourth-order valence-corrected chi connectivity index (χ4v) is 3.20. The van der Waals surface area contributed by atoms with E-state index in [1.807, 2.05) is 0 Å². The quantitative estimate of drug-likeness (QED) is 0.832. The number of thioether (sulfide) groups is 1. The molecule has 0 radical (unpaired) electrons. The van der Waals surface area contributed by atoms with Crippen molar-refractivity contribution in [2.75, 3.05) is 19.3 Å². The van der Waals surface area contributed by atoms with E-state index in [0.29, 0.717) is 16.4 Å². The lowest BCUT2D eigenvalue weighted by atomic mass is 10.4. The van der Waals surface area contributed by atoms with Gasteiger partial charge in [0.2, 0.25) is 5.91 Å². The lowest BCUT2D eigenvalue weighted by Gasteiger charge is -2.13. The summed E-state index contributed by atoms with van der Waals surface area (Å²) >= 11 is 2.67. The number of fused-ring (bicyclic) bond motifs is 1. The number of aromatic nitrogens is 2. The smallest absolute Gasteiger partial charge is 0.323 e. The van der Waals surface area contributed by atoms with Gasteiger partial charge in [0.15, 0.2) is 4.96 Å². The third kappa shape index (κ3) is 4.05. The van der Waals surface area contributed by atoms with E-state index < -0.39 is 5.97 Å². The van der Waals surface area contributed by atoms with Crippen molar-refractivity contribution in [2.24, 2.45) is 0 Å². The molecule has 0 bridgehead atoms. The largest absolute Gasteiger partial charge is 0.480 e. The first-order valence-corrected chi connectivity index (χ1v) is 8.00. The zero-order valence-corrected chi connectivity index (χ0v) is 12.8. The molecule has 9 heteroatoms. The molecule has 2 aromatic rings. The Morgan fingerprint density at radius 1 is 1.52 bits per heavy atom. The van der Waals surface area contributed by atoms with E-state index in [2.05, 4.69) is 4.98 Å². The highest BCUT2D eigenvalue weighted by Gasteiger charge is 2.12. The Balaban J connectivity index is 1.91. The Hall–Kier alpha value is -1.87. The van der Waals surface area contributed by atoms with E-state index in [-0.39, 0.29) is 23.8 Å². The second-order valence-electron chi connectivity index (χ2n) is 4.28. The molecule has 0 aromatic carbocycles. The summed E-state index contributed by atoms with van der Waals surface area (Å²) in [6.07, 6.45) is 1.66. The van der Waals surface area contributed by atoms with Crippen LogP contribution >= 0.6 is 23.1 Å². The van der Waals surface area contributed by atoms with Gasteiger partial charge in [0.1, 0.15) is 6.54 Å². The first-order chi connectivity index (χ1) is 9.97. The highest BCUT2D eigenvalue weighted by molar-refractivity contribution is 7.99. The van der Waals surface area contributed by atoms with Crippen LogP contribution in [0.3, 0.4) is 0 Å². The molecule has 0 aliphatic rings. The van der Waals surface area contributed by atoms with Crippen molar-refractivity contribution in [2.45, 2.75) is 5.75 Å². The molecule has 2 heterocycles. The first-order valence-electron chi connectivity index (χ1n) is 5.96. The molecule has 2 rings (SSSR count). The summed E-state index contributed by atoms with van der Waals surface area (Å²) < 4.78 is 1.46. The number of carbonyl (C=O) groups excluding carboxylic acids is 1. The number of carboxylic acid groups (broad SMARTS) is 1. The van der Waals surface area contributed by atoms with Gasteiger partial charge in [-0.05, 0) is 0 Å². The molecule has 0 fully saturated rings. The molecular formula is C12H13N3O4S2. The van der Waals surface area contributed by atoms with Crippen molar-refractivity contribution in [3.05, 3.63) is 33.7 Å². The van der Waals surface area contributed by atoms with Crippen LogP contribution in [0.15, 0.2) is 22.4 Å². The van der Waals surface area contributed by atoms with Gasteiger partial charge >= 0.3 is 5.97 Å². The molecule has 21 heavy (non-hydrogen) atoms. The maximum Gasteiger partial charge on any atom is 0.323 e. The number of hydrogen-bond acceptors (Lipinski definition) is 6. The molecule has 1 N–H and O–H groups in total. The highest BCUT2D eigenvalue weighted by Crippen LogP contribution is 2.12. The predicted molar refractivity (Wildman–Crippen MR) is 80.8 cm³/mol. The molecule has 0 aliphatic heterocycles. The van der Waals surface area contributed by atoms with Gasteiger partial charge in [-0.15, -0.1) is 23.1 Å². The van der Waals surface area contributed by atoms with Crippen molar-refractivity contribution in [1.82, 2.24) is 14.3 Å². The number of amides is 1. The molecule has 0 atom stereocenters. The van der Waals surface area contributed by atoms with Crippen molar-refractivity contribution in [3.8, 4) is 0 Å². The van der Waals surface area contributed by atoms with E-state index in [0.717, 1.165) is 4.90 Å². The number of carboxylic acids is 1. The number of carbonyl (C=O) groups is 2. The van der Waals surface area contributed by atoms with Crippen LogP contribution in [0.1, 0.15) is 5.69 Å². The van der Waals surface area contributed by atoms with Crippen LogP contribution in [-0.4, -0.2) is 50.6 Å². The Kier molecular flexibility index (Phi) is 4.97. The van der Waals surface area contributed by atoms with Gasteiger partial charge < -0.3 is 10.0 Å². The normalized spacial score (nSPS) is 10.7. The van der Waals surface area contributed by atoms with Crippen LogP contribution in [-0.2, 0) is 15.3 Å². The SMILES string of the molecule is CN(CC(=O)O)C(=O)CSCc1cc(=O)n2ccsc2n1. The second-order valence-corrected chi connectivity index (χ2v) is 6.14. The second kappa shape index (κ2) is 6.72. The van der Waals surface area contributed by atoms with Crippen LogP contribution in [0, 0.1) is 0 Å². The van der Waals surface area contributed by atoms with Gasteiger partial charge in [0.05, 0.1) is 11.4 Å². The molecule has 112 valence electrons. The molecule has 2 aromatic heterocycles. The van der Waals surface area contributed by atoms with Gasteiger partial charge in [-0.25, -0.2) is 4.98 Å². The summed E-state index contributed by atoms with van der Waals surface area (Å²) in [5.41, 5.74) is 0.465. The molecule has 0 aliphatic carbocycles. The average molecular weight is 327 g/mol. The Labute approximate surface area is 128 Å². The number of nitrogens with zero attached hydrogens (tertiary/aromatic N) is 3. The van der Waals surface area contributed by atoms with Crippen molar-refractivity contribution in [3.63, 3.8) is 0 Å². The van der Waals surface area contributed by atoms with Crippen molar-refractivity contribution < 1.29 is 14.7 Å². The Bertz CT molecular complexity index is 725. The average Bonchev–Trinajstić information content (AvgIpc) is 2.86. The fraction of sp³-hybridized carbons (Fsp3) is 0.333. The van der Waals surface area contributed by atoms with Gasteiger partial charge in [-0.3, -0.25) is 18.8 Å². The van der Waals surface area contributed by atoms with Gasteiger partial charge in [-0.1, -0.05) is 0 Å². The minimum absolute atomic E-state index is 0.147. The topological polar surface area (TPSA) is 92.0 Å². The fourth-order valence-electron chi connectivity index (χ4n) is 1.61. The predicted octanol–water partition coefficient (Wildman–Crippen LogP) is 0.532. The van der Waals surface area contributed by atoms with Gasteiger partial charge in [0.25, 0.3) is 5.56 Å².